The Labute approximate surface area is 206 Å². The minimum atomic E-state index is -2.56. The summed E-state index contributed by atoms with van der Waals surface area (Å²) in [5.74, 6) is 4.67. The van der Waals surface area contributed by atoms with E-state index in [9.17, 15) is 0 Å². The van der Waals surface area contributed by atoms with Crippen molar-refractivity contribution in [1.29, 1.82) is 0 Å². The van der Waals surface area contributed by atoms with Gasteiger partial charge in [0.15, 0.2) is 11.7 Å². The summed E-state index contributed by atoms with van der Waals surface area (Å²) in [7, 11) is 0. The molecule has 0 amide bonds. The van der Waals surface area contributed by atoms with Crippen molar-refractivity contribution in [3.8, 4) is 11.5 Å². The number of para-hydroxylation sites is 2. The molecule has 2 aromatic carbocycles. The molecule has 0 aliphatic carbocycles. The van der Waals surface area contributed by atoms with Crippen LogP contribution in [0.1, 0.15) is 37.8 Å². The summed E-state index contributed by atoms with van der Waals surface area (Å²) in [4.78, 5) is 0. The number of nitrogens with zero attached hydrogens (tertiary/aromatic N) is 4. The SMILES string of the molecule is CCCS[P@@]1(=S)Oc2ccccc2C2=NN3C(=NN21)c1ccccc1O[P@]3(=S)SCCC. The number of amidine groups is 2. The van der Waals surface area contributed by atoms with Crippen LogP contribution in [0, 0.1) is 0 Å². The first kappa shape index (κ1) is 22.8. The molecule has 12 heteroatoms. The van der Waals surface area contributed by atoms with Gasteiger partial charge < -0.3 is 9.05 Å². The van der Waals surface area contributed by atoms with Crippen molar-refractivity contribution >= 4 is 69.3 Å². The molecule has 0 fully saturated rings. The summed E-state index contributed by atoms with van der Waals surface area (Å²) < 4.78 is 16.6. The Morgan fingerprint density at radius 3 is 1.56 bits per heavy atom. The maximum Gasteiger partial charge on any atom is 0.283 e. The summed E-state index contributed by atoms with van der Waals surface area (Å²) >= 11 is 15.6. The van der Waals surface area contributed by atoms with Gasteiger partial charge in [-0.15, -0.1) is 10.2 Å². The standard InChI is InChI=1S/C20H22N4O2P2S4/c1-3-13-31-27(29)23-19(15-9-5-7-11-17(15)25-27)22-24-20(21-23)16-10-6-8-12-18(16)26-28(24,30)32-14-4-2/h5-12H,3-4,13-14H2,1-2H3/t27-,28-/m1/s1. The van der Waals surface area contributed by atoms with Gasteiger partial charge in [0, 0.05) is 11.5 Å². The van der Waals surface area contributed by atoms with Gasteiger partial charge in [-0.25, -0.2) is 0 Å². The molecule has 0 unspecified atom stereocenters. The molecule has 0 bridgehead atoms. The van der Waals surface area contributed by atoms with Gasteiger partial charge in [-0.05, 0) is 60.7 Å². The van der Waals surface area contributed by atoms with Crippen LogP contribution in [0.4, 0.5) is 0 Å². The average Bonchev–Trinajstić information content (AvgIpc) is 2.81. The Morgan fingerprint density at radius 2 is 1.16 bits per heavy atom. The van der Waals surface area contributed by atoms with Crippen LogP contribution in [0.15, 0.2) is 58.7 Å². The van der Waals surface area contributed by atoms with Crippen molar-refractivity contribution in [2.45, 2.75) is 26.7 Å². The molecule has 0 saturated carbocycles. The molecule has 5 rings (SSSR count). The Morgan fingerprint density at radius 1 is 0.750 bits per heavy atom. The van der Waals surface area contributed by atoms with E-state index in [4.69, 9.17) is 42.9 Å². The number of fused-ring (bicyclic) bond motifs is 6. The van der Waals surface area contributed by atoms with Crippen LogP contribution < -0.4 is 9.05 Å². The summed E-state index contributed by atoms with van der Waals surface area (Å²) in [6, 6.07) is 15.7. The van der Waals surface area contributed by atoms with E-state index in [0.29, 0.717) is 11.7 Å². The maximum absolute atomic E-state index is 6.43. The minimum absolute atomic E-state index is 0.692. The molecule has 0 radical (unpaired) electrons. The van der Waals surface area contributed by atoms with E-state index in [1.54, 1.807) is 22.8 Å². The van der Waals surface area contributed by atoms with Crippen molar-refractivity contribution < 1.29 is 9.05 Å². The van der Waals surface area contributed by atoms with E-state index in [0.717, 1.165) is 47.0 Å². The van der Waals surface area contributed by atoms with E-state index in [2.05, 4.69) is 13.8 Å². The first-order chi connectivity index (χ1) is 15.5. The molecular formula is C20H22N4O2P2S4. The highest BCUT2D eigenvalue weighted by Crippen LogP contribution is 2.70. The number of benzene rings is 2. The first-order valence-corrected chi connectivity index (χ1v) is 18.9. The van der Waals surface area contributed by atoms with Crippen LogP contribution in [-0.2, 0) is 23.6 Å². The molecule has 6 nitrogen and oxygen atoms in total. The zero-order valence-electron chi connectivity index (χ0n) is 17.6. The summed E-state index contributed by atoms with van der Waals surface area (Å²) in [6.07, 6.45) is 2.00. The monoisotopic (exact) mass is 540 g/mol. The minimum Gasteiger partial charge on any atom is -0.439 e. The van der Waals surface area contributed by atoms with Crippen molar-refractivity contribution in [3.63, 3.8) is 0 Å². The molecule has 0 N–H and O–H groups in total. The third kappa shape index (κ3) is 3.83. The van der Waals surface area contributed by atoms with Gasteiger partial charge >= 0.3 is 0 Å². The molecule has 2 atom stereocenters. The summed E-state index contributed by atoms with van der Waals surface area (Å²) in [5, 5.41) is 10.2. The van der Waals surface area contributed by atoms with E-state index in [1.807, 2.05) is 58.1 Å². The van der Waals surface area contributed by atoms with E-state index in [1.165, 1.54) is 0 Å². The quantitative estimate of drug-likeness (QED) is 0.369. The fourth-order valence-electron chi connectivity index (χ4n) is 3.38. The molecule has 3 aliphatic heterocycles. The second-order valence-electron chi connectivity index (χ2n) is 7.20. The lowest BCUT2D eigenvalue weighted by Crippen LogP contribution is -2.42. The zero-order valence-corrected chi connectivity index (χ0v) is 22.6. The summed E-state index contributed by atoms with van der Waals surface area (Å²) in [6.45, 7) is 4.28. The van der Waals surface area contributed by atoms with Crippen LogP contribution in [-0.4, -0.2) is 32.7 Å². The van der Waals surface area contributed by atoms with Gasteiger partial charge in [0.2, 0.25) is 0 Å². The second-order valence-corrected chi connectivity index (χ2v) is 20.4. The zero-order chi connectivity index (χ0) is 22.3. The molecule has 2 aromatic rings. The Hall–Kier alpha value is -1.02. The van der Waals surface area contributed by atoms with Gasteiger partial charge in [0.25, 0.3) is 11.2 Å². The molecule has 3 heterocycles. The first-order valence-electron chi connectivity index (χ1n) is 10.3. The summed E-state index contributed by atoms with van der Waals surface area (Å²) in [5.41, 5.74) is -3.39. The van der Waals surface area contributed by atoms with Gasteiger partial charge in [-0.1, -0.05) is 60.9 Å². The second kappa shape index (κ2) is 8.97. The number of hydrogen-bond acceptors (Lipinski definition) is 8. The predicted octanol–water partition coefficient (Wildman–Crippen LogP) is 6.85. The number of hydrazone groups is 2. The topological polar surface area (TPSA) is 49.7 Å². The predicted molar refractivity (Wildman–Crippen MR) is 145 cm³/mol. The molecule has 3 aliphatic rings. The largest absolute Gasteiger partial charge is 0.439 e. The highest BCUT2D eigenvalue weighted by molar-refractivity contribution is 8.69. The van der Waals surface area contributed by atoms with E-state index < -0.39 is 11.2 Å². The molecule has 0 aromatic heterocycles. The fraction of sp³-hybridized carbons (Fsp3) is 0.300. The average molecular weight is 541 g/mol. The smallest absolute Gasteiger partial charge is 0.283 e. The lowest BCUT2D eigenvalue weighted by molar-refractivity contribution is 0.481. The molecule has 0 spiro atoms. The van der Waals surface area contributed by atoms with Crippen molar-refractivity contribution in [1.82, 2.24) is 9.56 Å². The van der Waals surface area contributed by atoms with Crippen LogP contribution in [0.25, 0.3) is 0 Å². The van der Waals surface area contributed by atoms with Crippen LogP contribution in [0.3, 0.4) is 0 Å². The lowest BCUT2D eigenvalue weighted by Gasteiger charge is -2.44. The van der Waals surface area contributed by atoms with Gasteiger partial charge in [0.1, 0.15) is 11.5 Å². The normalized spacial score (nSPS) is 25.3. The van der Waals surface area contributed by atoms with Crippen molar-refractivity contribution in [3.05, 3.63) is 59.7 Å². The van der Waals surface area contributed by atoms with Crippen LogP contribution >= 0.6 is 34.0 Å². The number of rotatable bonds is 6. The van der Waals surface area contributed by atoms with Gasteiger partial charge in [0.05, 0.1) is 11.1 Å². The molecule has 0 saturated heterocycles. The van der Waals surface area contributed by atoms with Crippen LogP contribution in [0.5, 0.6) is 11.5 Å². The van der Waals surface area contributed by atoms with Gasteiger partial charge in [-0.2, -0.15) is 9.56 Å². The highest BCUT2D eigenvalue weighted by atomic mass is 32.9. The van der Waals surface area contributed by atoms with Crippen molar-refractivity contribution in [2.24, 2.45) is 10.2 Å². The fourth-order valence-corrected chi connectivity index (χ4v) is 13.8. The molecular weight excluding hydrogens is 518 g/mol. The maximum atomic E-state index is 6.43. The third-order valence-electron chi connectivity index (χ3n) is 4.82. The van der Waals surface area contributed by atoms with Gasteiger partial charge in [-0.3, -0.25) is 0 Å². The van der Waals surface area contributed by atoms with E-state index >= 15 is 0 Å². The number of hydrogen-bond donors (Lipinski definition) is 0. The molecule has 32 heavy (non-hydrogen) atoms. The van der Waals surface area contributed by atoms with Crippen LogP contribution in [0.2, 0.25) is 0 Å². The van der Waals surface area contributed by atoms with E-state index in [-0.39, 0.29) is 0 Å². The highest BCUT2D eigenvalue weighted by Gasteiger charge is 2.47. The Kier molecular flexibility index (Phi) is 6.38. The lowest BCUT2D eigenvalue weighted by atomic mass is 10.1. The Bertz CT molecular complexity index is 1130. The molecule has 168 valence electrons. The third-order valence-corrected chi connectivity index (χ3v) is 16.7. The Balaban J connectivity index is 1.71. The van der Waals surface area contributed by atoms with Crippen molar-refractivity contribution in [2.75, 3.05) is 11.5 Å².